The van der Waals surface area contributed by atoms with Crippen molar-refractivity contribution in [1.29, 1.82) is 0 Å². The van der Waals surface area contributed by atoms with Crippen LogP contribution >= 0.6 is 0 Å². The number of hydrogen-bond donors (Lipinski definition) is 3. The molecule has 1 aliphatic rings. The van der Waals surface area contributed by atoms with Crippen molar-refractivity contribution in [3.05, 3.63) is 71.8 Å². The molecule has 8 heteroatoms. The maximum atomic E-state index is 13.3. The highest BCUT2D eigenvalue weighted by atomic mass is 16.2. The molecule has 0 aliphatic carbocycles. The van der Waals surface area contributed by atoms with Crippen molar-refractivity contribution in [2.45, 2.75) is 78.0 Å². The monoisotopic (exact) mass is 505 g/mol. The number of amides is 1. The molecule has 1 unspecified atom stereocenters. The molecule has 8 nitrogen and oxygen atoms in total. The van der Waals surface area contributed by atoms with Gasteiger partial charge in [-0.25, -0.2) is 9.97 Å². The molecule has 3 heterocycles. The van der Waals surface area contributed by atoms with Crippen LogP contribution in [0.25, 0.3) is 0 Å². The maximum absolute atomic E-state index is 13.3. The molecule has 1 aliphatic heterocycles. The zero-order valence-corrected chi connectivity index (χ0v) is 22.5. The summed E-state index contributed by atoms with van der Waals surface area (Å²) in [5, 5.41) is 3.65. The number of nitrogens with one attached hydrogen (secondary N) is 3. The molecule has 1 atom stereocenters. The van der Waals surface area contributed by atoms with Crippen LogP contribution in [0, 0.1) is 5.92 Å². The summed E-state index contributed by atoms with van der Waals surface area (Å²) in [6.07, 6.45) is 14.8. The number of aromatic nitrogens is 4. The number of nitrogens with zero attached hydrogens (tertiary/aromatic N) is 4. The average Bonchev–Trinajstić information content (AvgIpc) is 3.63. The molecule has 37 heavy (non-hydrogen) atoms. The van der Waals surface area contributed by atoms with Gasteiger partial charge in [-0.15, -0.1) is 0 Å². The Morgan fingerprint density at radius 1 is 1.05 bits per heavy atom. The summed E-state index contributed by atoms with van der Waals surface area (Å²) in [6.45, 7) is 9.79. The van der Waals surface area contributed by atoms with Crippen LogP contribution in [0.15, 0.2) is 49.1 Å². The number of imidazole rings is 2. The number of rotatable bonds is 14. The van der Waals surface area contributed by atoms with Gasteiger partial charge in [0.1, 0.15) is 11.6 Å². The number of aromatic amines is 2. The van der Waals surface area contributed by atoms with Gasteiger partial charge in [0.2, 0.25) is 0 Å². The van der Waals surface area contributed by atoms with Crippen molar-refractivity contribution < 1.29 is 4.79 Å². The third-order valence-corrected chi connectivity index (χ3v) is 7.54. The van der Waals surface area contributed by atoms with E-state index in [1.165, 1.54) is 57.2 Å². The molecule has 0 saturated carbocycles. The molecular weight excluding hydrogens is 462 g/mol. The summed E-state index contributed by atoms with van der Waals surface area (Å²) in [4.78, 5) is 32.5. The standard InChI is InChI=1S/C29H43N7O/c1-3-4-5-6-23(2)35-17-11-25(12-18-35)20-30-19-24-7-9-26(10-8-24)29(37)36(21-27-31-13-14-32-27)22-28-33-15-16-34-28/h7-10,13-16,23,25,30H,3-6,11-12,17-22H2,1-2H3,(H,31,32)(H,33,34). The molecule has 1 fully saturated rings. The lowest BCUT2D eigenvalue weighted by atomic mass is 9.95. The van der Waals surface area contributed by atoms with E-state index in [1.54, 1.807) is 29.7 Å². The highest BCUT2D eigenvalue weighted by Crippen LogP contribution is 2.21. The van der Waals surface area contributed by atoms with Crippen LogP contribution in [0.4, 0.5) is 0 Å². The Hall–Kier alpha value is -2.97. The van der Waals surface area contributed by atoms with E-state index in [1.807, 2.05) is 12.1 Å². The number of carbonyl (C=O) groups is 1. The van der Waals surface area contributed by atoms with Gasteiger partial charge >= 0.3 is 0 Å². The Morgan fingerprint density at radius 2 is 1.70 bits per heavy atom. The number of benzene rings is 1. The zero-order chi connectivity index (χ0) is 25.9. The first kappa shape index (κ1) is 27.1. The lowest BCUT2D eigenvalue weighted by Crippen LogP contribution is -2.41. The van der Waals surface area contributed by atoms with E-state index in [4.69, 9.17) is 0 Å². The summed E-state index contributed by atoms with van der Waals surface area (Å²) in [7, 11) is 0. The van der Waals surface area contributed by atoms with Gasteiger partial charge in [-0.05, 0) is 69.4 Å². The van der Waals surface area contributed by atoms with Crippen LogP contribution in [0.3, 0.4) is 0 Å². The van der Waals surface area contributed by atoms with Gasteiger partial charge in [-0.1, -0.05) is 38.3 Å². The van der Waals surface area contributed by atoms with Crippen molar-refractivity contribution in [2.24, 2.45) is 5.92 Å². The van der Waals surface area contributed by atoms with Crippen molar-refractivity contribution in [1.82, 2.24) is 35.1 Å². The number of H-pyrrole nitrogens is 2. The predicted molar refractivity (Wildman–Crippen MR) is 147 cm³/mol. The number of unbranched alkanes of at least 4 members (excludes halogenated alkanes) is 2. The van der Waals surface area contributed by atoms with Crippen LogP contribution in [0.1, 0.15) is 79.9 Å². The SMILES string of the molecule is CCCCCC(C)N1CCC(CNCc2ccc(C(=O)N(Cc3ncc[nH]3)Cc3ncc[nH]3)cc2)CC1. The zero-order valence-electron chi connectivity index (χ0n) is 22.5. The lowest BCUT2D eigenvalue weighted by molar-refractivity contribution is 0.0721. The van der Waals surface area contributed by atoms with Crippen LogP contribution in [-0.2, 0) is 19.6 Å². The Balaban J connectivity index is 1.22. The van der Waals surface area contributed by atoms with Gasteiger partial charge in [0.05, 0.1) is 13.1 Å². The van der Waals surface area contributed by atoms with E-state index >= 15 is 0 Å². The second-order valence-electron chi connectivity index (χ2n) is 10.4. The van der Waals surface area contributed by atoms with Crippen molar-refractivity contribution >= 4 is 5.91 Å². The fraction of sp³-hybridized carbons (Fsp3) is 0.552. The van der Waals surface area contributed by atoms with E-state index in [2.05, 4.69) is 56.1 Å². The Kier molecular flexibility index (Phi) is 10.3. The van der Waals surface area contributed by atoms with Crippen LogP contribution in [0.5, 0.6) is 0 Å². The van der Waals surface area contributed by atoms with Crippen molar-refractivity contribution in [3.63, 3.8) is 0 Å². The quantitative estimate of drug-likeness (QED) is 0.275. The molecule has 2 aromatic heterocycles. The number of likely N-dealkylation sites (tertiary alicyclic amines) is 1. The molecule has 0 spiro atoms. The molecule has 4 rings (SSSR count). The molecule has 3 N–H and O–H groups in total. The molecule has 0 bridgehead atoms. The predicted octanol–water partition coefficient (Wildman–Crippen LogP) is 4.75. The fourth-order valence-corrected chi connectivity index (χ4v) is 5.17. The van der Waals surface area contributed by atoms with Crippen LogP contribution in [0.2, 0.25) is 0 Å². The summed E-state index contributed by atoms with van der Waals surface area (Å²) >= 11 is 0. The Morgan fingerprint density at radius 3 is 2.27 bits per heavy atom. The van der Waals surface area contributed by atoms with Gasteiger partial charge < -0.3 is 25.1 Å². The molecule has 0 radical (unpaired) electrons. The number of carbonyl (C=O) groups excluding carboxylic acids is 1. The normalized spacial score (nSPS) is 15.6. The minimum Gasteiger partial charge on any atom is -0.347 e. The summed E-state index contributed by atoms with van der Waals surface area (Å²) in [5.41, 5.74) is 1.87. The van der Waals surface area contributed by atoms with Gasteiger partial charge in [-0.2, -0.15) is 0 Å². The van der Waals surface area contributed by atoms with E-state index in [0.29, 0.717) is 18.7 Å². The average molecular weight is 506 g/mol. The molecule has 1 aromatic carbocycles. The lowest BCUT2D eigenvalue weighted by Gasteiger charge is -2.36. The van der Waals surface area contributed by atoms with Gasteiger partial charge in [0.15, 0.2) is 0 Å². The first-order chi connectivity index (χ1) is 18.1. The summed E-state index contributed by atoms with van der Waals surface area (Å²) in [5.74, 6) is 2.20. The van der Waals surface area contributed by atoms with Crippen molar-refractivity contribution in [2.75, 3.05) is 19.6 Å². The van der Waals surface area contributed by atoms with Gasteiger partial charge in [0, 0.05) is 42.9 Å². The largest absolute Gasteiger partial charge is 0.347 e. The fourth-order valence-electron chi connectivity index (χ4n) is 5.17. The Labute approximate surface area is 221 Å². The second-order valence-corrected chi connectivity index (χ2v) is 10.4. The maximum Gasteiger partial charge on any atom is 0.254 e. The molecular formula is C29H43N7O. The summed E-state index contributed by atoms with van der Waals surface area (Å²) < 4.78 is 0. The molecule has 200 valence electrons. The van der Waals surface area contributed by atoms with E-state index < -0.39 is 0 Å². The number of hydrogen-bond acceptors (Lipinski definition) is 5. The van der Waals surface area contributed by atoms with Crippen molar-refractivity contribution in [3.8, 4) is 0 Å². The summed E-state index contributed by atoms with van der Waals surface area (Å²) in [6, 6.07) is 8.68. The molecule has 3 aromatic rings. The second kappa shape index (κ2) is 14.1. The minimum atomic E-state index is -0.0389. The third-order valence-electron chi connectivity index (χ3n) is 7.54. The van der Waals surface area contributed by atoms with E-state index in [0.717, 1.165) is 36.7 Å². The van der Waals surface area contributed by atoms with E-state index in [9.17, 15) is 4.79 Å². The van der Waals surface area contributed by atoms with Crippen LogP contribution in [-0.4, -0.2) is 61.3 Å². The van der Waals surface area contributed by atoms with Crippen LogP contribution < -0.4 is 5.32 Å². The molecule has 1 amide bonds. The minimum absolute atomic E-state index is 0.0389. The highest BCUT2D eigenvalue weighted by Gasteiger charge is 2.22. The Bertz CT molecular complexity index is 989. The third kappa shape index (κ3) is 8.27. The molecule has 1 saturated heterocycles. The smallest absolute Gasteiger partial charge is 0.254 e. The highest BCUT2D eigenvalue weighted by molar-refractivity contribution is 5.94. The van der Waals surface area contributed by atoms with Gasteiger partial charge in [-0.3, -0.25) is 4.79 Å². The number of piperidine rings is 1. The first-order valence-corrected chi connectivity index (χ1v) is 13.9. The first-order valence-electron chi connectivity index (χ1n) is 13.9. The van der Waals surface area contributed by atoms with E-state index in [-0.39, 0.29) is 5.91 Å². The van der Waals surface area contributed by atoms with Gasteiger partial charge in [0.25, 0.3) is 5.91 Å². The topological polar surface area (TPSA) is 92.9 Å².